The molecule has 7 heteroatoms. The van der Waals surface area contributed by atoms with Crippen LogP contribution >= 0.6 is 11.8 Å². The number of hydrogen-bond donors (Lipinski definition) is 0. The van der Waals surface area contributed by atoms with Gasteiger partial charge >= 0.3 is 5.97 Å². The molecule has 0 unspecified atom stereocenters. The van der Waals surface area contributed by atoms with E-state index >= 15 is 0 Å². The van der Waals surface area contributed by atoms with Gasteiger partial charge < -0.3 is 4.74 Å². The van der Waals surface area contributed by atoms with Crippen LogP contribution in [-0.4, -0.2) is 34.2 Å². The summed E-state index contributed by atoms with van der Waals surface area (Å²) in [5, 5.41) is 13.1. The predicted octanol–water partition coefficient (Wildman–Crippen LogP) is 3.55. The molecule has 0 N–H and O–H groups in total. The third-order valence-corrected chi connectivity index (χ3v) is 4.66. The van der Waals surface area contributed by atoms with Crippen molar-refractivity contribution in [2.75, 3.05) is 7.11 Å². The summed E-state index contributed by atoms with van der Waals surface area (Å²) in [5.74, 6) is 0.435. The van der Waals surface area contributed by atoms with Crippen molar-refractivity contribution in [3.63, 3.8) is 0 Å². The molecule has 6 nitrogen and oxygen atoms in total. The lowest BCUT2D eigenvalue weighted by atomic mass is 10.1. The lowest BCUT2D eigenvalue weighted by Crippen LogP contribution is -2.00. The van der Waals surface area contributed by atoms with Crippen LogP contribution in [0.2, 0.25) is 0 Å². The molecule has 0 amide bonds. The van der Waals surface area contributed by atoms with Crippen molar-refractivity contribution in [3.05, 3.63) is 77.1 Å². The summed E-state index contributed by atoms with van der Waals surface area (Å²) in [7, 11) is 1.36. The second kappa shape index (κ2) is 8.44. The van der Waals surface area contributed by atoms with Gasteiger partial charge in [0, 0.05) is 5.75 Å². The largest absolute Gasteiger partial charge is 0.465 e. The normalized spacial score (nSPS) is 11.0. The first-order valence-corrected chi connectivity index (χ1v) is 8.95. The minimum Gasteiger partial charge on any atom is -0.465 e. The van der Waals surface area contributed by atoms with Gasteiger partial charge in [-0.3, -0.25) is 0 Å². The van der Waals surface area contributed by atoms with Crippen LogP contribution in [0.5, 0.6) is 0 Å². The van der Waals surface area contributed by atoms with Crippen molar-refractivity contribution in [1.29, 1.82) is 0 Å². The van der Waals surface area contributed by atoms with E-state index < -0.39 is 0 Å². The van der Waals surface area contributed by atoms with E-state index in [0.717, 1.165) is 11.3 Å². The first kappa shape index (κ1) is 17.9. The number of carbonyl (C=O) groups excluding carboxylic acids is 1. The van der Waals surface area contributed by atoms with Gasteiger partial charge in [-0.15, -0.1) is 10.2 Å². The fourth-order valence-electron chi connectivity index (χ4n) is 2.18. The molecule has 0 aliphatic carbocycles. The van der Waals surface area contributed by atoms with Gasteiger partial charge in [-0.2, -0.15) is 9.78 Å². The second-order valence-corrected chi connectivity index (χ2v) is 6.53. The number of esters is 1. The summed E-state index contributed by atoms with van der Waals surface area (Å²) < 4.78 is 6.32. The summed E-state index contributed by atoms with van der Waals surface area (Å²) in [6, 6.07) is 15.4. The van der Waals surface area contributed by atoms with Crippen LogP contribution in [0, 0.1) is 6.92 Å². The number of rotatable bonds is 6. The van der Waals surface area contributed by atoms with Crippen molar-refractivity contribution in [2.45, 2.75) is 17.8 Å². The van der Waals surface area contributed by atoms with Gasteiger partial charge in [-0.1, -0.05) is 53.7 Å². The molecule has 0 saturated carbocycles. The lowest BCUT2D eigenvalue weighted by Gasteiger charge is -2.02. The first-order valence-electron chi connectivity index (χ1n) is 7.97. The van der Waals surface area contributed by atoms with Crippen LogP contribution in [0.25, 0.3) is 0 Å². The smallest absolute Gasteiger partial charge is 0.337 e. The summed E-state index contributed by atoms with van der Waals surface area (Å²) in [5.41, 5.74) is 3.83. The number of aryl methyl sites for hydroxylation is 1. The van der Waals surface area contributed by atoms with Crippen LogP contribution in [-0.2, 0) is 10.5 Å². The highest BCUT2D eigenvalue weighted by Crippen LogP contribution is 2.20. The Labute approximate surface area is 155 Å². The monoisotopic (exact) mass is 366 g/mol. The zero-order valence-electron chi connectivity index (χ0n) is 14.5. The average molecular weight is 366 g/mol. The molecule has 0 atom stereocenters. The zero-order valence-corrected chi connectivity index (χ0v) is 15.3. The molecule has 2 aromatic carbocycles. The molecule has 132 valence electrons. The van der Waals surface area contributed by atoms with E-state index in [9.17, 15) is 4.79 Å². The molecule has 1 aromatic heterocycles. The van der Waals surface area contributed by atoms with Gasteiger partial charge in [-0.25, -0.2) is 4.79 Å². The number of thioether (sulfide) groups is 1. The van der Waals surface area contributed by atoms with Crippen molar-refractivity contribution in [1.82, 2.24) is 14.9 Å². The van der Waals surface area contributed by atoms with Gasteiger partial charge in [0.1, 0.15) is 6.33 Å². The van der Waals surface area contributed by atoms with E-state index in [0.29, 0.717) is 10.7 Å². The average Bonchev–Trinajstić information content (AvgIpc) is 3.13. The Morgan fingerprint density at radius 2 is 1.92 bits per heavy atom. The quantitative estimate of drug-likeness (QED) is 0.379. The van der Waals surface area contributed by atoms with Crippen molar-refractivity contribution in [3.8, 4) is 0 Å². The van der Waals surface area contributed by atoms with Crippen LogP contribution in [0.4, 0.5) is 0 Å². The highest BCUT2D eigenvalue weighted by Gasteiger charge is 2.06. The maximum atomic E-state index is 11.4. The van der Waals surface area contributed by atoms with E-state index in [1.54, 1.807) is 53.2 Å². The Hall–Kier alpha value is -2.93. The molecule has 0 radical (unpaired) electrons. The highest BCUT2D eigenvalue weighted by molar-refractivity contribution is 7.98. The van der Waals surface area contributed by atoms with Gasteiger partial charge in [0.15, 0.2) is 0 Å². The molecular weight excluding hydrogens is 348 g/mol. The summed E-state index contributed by atoms with van der Waals surface area (Å²) in [6.07, 6.45) is 3.26. The Balaban J connectivity index is 1.65. The van der Waals surface area contributed by atoms with Crippen molar-refractivity contribution in [2.24, 2.45) is 5.10 Å². The number of nitrogens with zero attached hydrogens (tertiary/aromatic N) is 4. The van der Waals surface area contributed by atoms with Crippen LogP contribution in [0.1, 0.15) is 27.0 Å². The van der Waals surface area contributed by atoms with E-state index in [-0.39, 0.29) is 5.97 Å². The van der Waals surface area contributed by atoms with E-state index in [2.05, 4.69) is 51.2 Å². The number of aromatic nitrogens is 3. The number of carbonyl (C=O) groups is 1. The van der Waals surface area contributed by atoms with Gasteiger partial charge in [0.2, 0.25) is 5.16 Å². The Morgan fingerprint density at radius 1 is 1.19 bits per heavy atom. The molecule has 0 aliphatic heterocycles. The maximum Gasteiger partial charge on any atom is 0.337 e. The van der Waals surface area contributed by atoms with Crippen LogP contribution in [0.15, 0.2) is 65.1 Å². The molecule has 0 bridgehead atoms. The predicted molar refractivity (Wildman–Crippen MR) is 102 cm³/mol. The Kier molecular flexibility index (Phi) is 5.80. The summed E-state index contributed by atoms with van der Waals surface area (Å²) >= 11 is 1.57. The minimum absolute atomic E-state index is 0.359. The molecule has 26 heavy (non-hydrogen) atoms. The number of hydrogen-bond acceptors (Lipinski definition) is 6. The maximum absolute atomic E-state index is 11.4. The van der Waals surface area contributed by atoms with E-state index in [4.69, 9.17) is 0 Å². The fraction of sp³-hybridized carbons (Fsp3) is 0.158. The third kappa shape index (κ3) is 4.58. The van der Waals surface area contributed by atoms with Gasteiger partial charge in [0.25, 0.3) is 0 Å². The van der Waals surface area contributed by atoms with E-state index in [1.165, 1.54) is 18.2 Å². The third-order valence-electron chi connectivity index (χ3n) is 3.65. The fourth-order valence-corrected chi connectivity index (χ4v) is 3.00. The zero-order chi connectivity index (χ0) is 18.4. The molecule has 1 heterocycles. The molecule has 0 fully saturated rings. The van der Waals surface area contributed by atoms with Gasteiger partial charge in [-0.05, 0) is 30.2 Å². The van der Waals surface area contributed by atoms with Crippen molar-refractivity contribution < 1.29 is 9.53 Å². The van der Waals surface area contributed by atoms with Crippen molar-refractivity contribution >= 4 is 23.9 Å². The SMILES string of the molecule is COC(=O)c1ccc(/C=N/n2cnnc2SCc2ccc(C)cc2)cc1. The molecule has 3 rings (SSSR count). The topological polar surface area (TPSA) is 69.4 Å². The van der Waals surface area contributed by atoms with Crippen LogP contribution in [0.3, 0.4) is 0 Å². The molecular formula is C19H18N4O2S. The van der Waals surface area contributed by atoms with Crippen LogP contribution < -0.4 is 0 Å². The Bertz CT molecular complexity index is 902. The number of ether oxygens (including phenoxy) is 1. The lowest BCUT2D eigenvalue weighted by molar-refractivity contribution is 0.0600. The number of benzene rings is 2. The first-order chi connectivity index (χ1) is 12.7. The minimum atomic E-state index is -0.359. The standard InChI is InChI=1S/C19H18N4O2S/c1-14-3-5-16(6-4-14)12-26-19-22-20-13-23(19)21-11-15-7-9-17(10-8-15)18(24)25-2/h3-11,13H,12H2,1-2H3/b21-11+. The second-order valence-electron chi connectivity index (χ2n) is 5.59. The van der Waals surface area contributed by atoms with Gasteiger partial charge in [0.05, 0.1) is 18.9 Å². The van der Waals surface area contributed by atoms with E-state index in [1.807, 2.05) is 0 Å². The summed E-state index contributed by atoms with van der Waals surface area (Å²) in [4.78, 5) is 11.4. The molecule has 0 saturated heterocycles. The number of methoxy groups -OCH3 is 1. The Morgan fingerprint density at radius 3 is 2.62 bits per heavy atom. The molecule has 3 aromatic rings. The summed E-state index contributed by atoms with van der Waals surface area (Å²) in [6.45, 7) is 2.07. The molecule has 0 spiro atoms. The highest BCUT2D eigenvalue weighted by atomic mass is 32.2. The molecule has 0 aliphatic rings.